The summed E-state index contributed by atoms with van der Waals surface area (Å²) in [6.45, 7) is 2.93. The highest BCUT2D eigenvalue weighted by Gasteiger charge is 2.17. The Morgan fingerprint density at radius 2 is 1.73 bits per heavy atom. The molecule has 8 heteroatoms. The lowest BCUT2D eigenvalue weighted by atomic mass is 10.1. The summed E-state index contributed by atoms with van der Waals surface area (Å²) in [5.41, 5.74) is 1.82. The first-order valence-electron chi connectivity index (χ1n) is 9.44. The fourth-order valence-corrected chi connectivity index (χ4v) is 3.14. The molecule has 156 valence electrons. The standard InChI is InChI=1S/C22H23N3O5/c1-15-11-18(16(2)23(15)3)19(26)14-30-21(28)13-25-20(27)9-10-24(22(25)29)12-17-7-5-4-6-8-17/h4-11H,12-14H2,1-3H3. The zero-order valence-corrected chi connectivity index (χ0v) is 17.1. The smallest absolute Gasteiger partial charge is 0.331 e. The lowest BCUT2D eigenvalue weighted by molar-refractivity contribution is -0.143. The van der Waals surface area contributed by atoms with Crippen LogP contribution < -0.4 is 11.2 Å². The molecule has 3 aromatic rings. The van der Waals surface area contributed by atoms with Crippen molar-refractivity contribution in [3.05, 3.63) is 92.0 Å². The van der Waals surface area contributed by atoms with Crippen LogP contribution in [0.4, 0.5) is 0 Å². The third kappa shape index (κ3) is 4.48. The number of hydrogen-bond acceptors (Lipinski definition) is 5. The molecule has 0 saturated carbocycles. The Morgan fingerprint density at radius 1 is 1.03 bits per heavy atom. The van der Waals surface area contributed by atoms with E-state index < -0.39 is 30.4 Å². The van der Waals surface area contributed by atoms with Gasteiger partial charge in [-0.2, -0.15) is 0 Å². The zero-order chi connectivity index (χ0) is 21.8. The quantitative estimate of drug-likeness (QED) is 0.435. The Morgan fingerprint density at radius 3 is 2.37 bits per heavy atom. The van der Waals surface area contributed by atoms with Crippen molar-refractivity contribution >= 4 is 11.8 Å². The summed E-state index contributed by atoms with van der Waals surface area (Å²) in [4.78, 5) is 49.3. The summed E-state index contributed by atoms with van der Waals surface area (Å²) >= 11 is 0. The van der Waals surface area contributed by atoms with Crippen molar-refractivity contribution < 1.29 is 14.3 Å². The van der Waals surface area contributed by atoms with Gasteiger partial charge in [0.1, 0.15) is 6.54 Å². The minimum absolute atomic E-state index is 0.264. The van der Waals surface area contributed by atoms with Crippen LogP contribution in [-0.2, 0) is 29.7 Å². The van der Waals surface area contributed by atoms with Crippen LogP contribution in [0.25, 0.3) is 0 Å². The second kappa shape index (κ2) is 8.77. The van der Waals surface area contributed by atoms with E-state index in [4.69, 9.17) is 4.74 Å². The first kappa shape index (κ1) is 21.0. The average molecular weight is 409 g/mol. The molecular formula is C22H23N3O5. The van der Waals surface area contributed by atoms with Crippen LogP contribution in [-0.4, -0.2) is 32.1 Å². The van der Waals surface area contributed by atoms with E-state index in [1.807, 2.05) is 48.9 Å². The van der Waals surface area contributed by atoms with E-state index >= 15 is 0 Å². The van der Waals surface area contributed by atoms with Gasteiger partial charge in [0.15, 0.2) is 6.61 Å². The number of aromatic nitrogens is 3. The molecule has 0 N–H and O–H groups in total. The molecule has 2 heterocycles. The highest BCUT2D eigenvalue weighted by molar-refractivity contribution is 5.99. The van der Waals surface area contributed by atoms with E-state index in [9.17, 15) is 19.2 Å². The van der Waals surface area contributed by atoms with Gasteiger partial charge in [0.2, 0.25) is 5.78 Å². The number of ether oxygens (including phenoxy) is 1. The van der Waals surface area contributed by atoms with Crippen LogP contribution >= 0.6 is 0 Å². The van der Waals surface area contributed by atoms with Crippen LogP contribution in [0, 0.1) is 13.8 Å². The lowest BCUT2D eigenvalue weighted by Crippen LogP contribution is -2.41. The van der Waals surface area contributed by atoms with Gasteiger partial charge in [-0.15, -0.1) is 0 Å². The summed E-state index contributed by atoms with van der Waals surface area (Å²) in [6, 6.07) is 12.2. The van der Waals surface area contributed by atoms with Crippen LogP contribution in [0.2, 0.25) is 0 Å². The lowest BCUT2D eigenvalue weighted by Gasteiger charge is -2.10. The Hall–Kier alpha value is -3.68. The number of carbonyl (C=O) groups excluding carboxylic acids is 2. The second-order valence-electron chi connectivity index (χ2n) is 7.06. The maximum atomic E-state index is 12.6. The molecule has 0 aliphatic carbocycles. The van der Waals surface area contributed by atoms with Gasteiger partial charge in [-0.05, 0) is 25.5 Å². The molecule has 0 atom stereocenters. The van der Waals surface area contributed by atoms with Crippen molar-refractivity contribution in [3.63, 3.8) is 0 Å². The van der Waals surface area contributed by atoms with Crippen LogP contribution in [0.15, 0.2) is 58.3 Å². The number of nitrogens with zero attached hydrogens (tertiary/aromatic N) is 3. The van der Waals surface area contributed by atoms with Gasteiger partial charge in [0.05, 0.1) is 6.54 Å². The van der Waals surface area contributed by atoms with Crippen molar-refractivity contribution in [3.8, 4) is 0 Å². The number of benzene rings is 1. The summed E-state index contributed by atoms with van der Waals surface area (Å²) in [5.74, 6) is -1.17. The topological polar surface area (TPSA) is 92.3 Å². The van der Waals surface area contributed by atoms with Crippen LogP contribution in [0.5, 0.6) is 0 Å². The largest absolute Gasteiger partial charge is 0.456 e. The number of rotatable bonds is 7. The van der Waals surface area contributed by atoms with Crippen molar-refractivity contribution in [1.29, 1.82) is 0 Å². The number of Topliss-reactive ketones (excluding diaryl/α,β-unsaturated/α-hetero) is 1. The fourth-order valence-electron chi connectivity index (χ4n) is 3.14. The van der Waals surface area contributed by atoms with E-state index in [0.717, 1.165) is 21.5 Å². The van der Waals surface area contributed by atoms with Crippen LogP contribution in [0.1, 0.15) is 27.3 Å². The molecule has 0 amide bonds. The van der Waals surface area contributed by atoms with Gasteiger partial charge >= 0.3 is 11.7 Å². The third-order valence-electron chi connectivity index (χ3n) is 5.06. The predicted octanol–water partition coefficient (Wildman–Crippen LogP) is 1.44. The number of aryl methyl sites for hydroxylation is 1. The second-order valence-corrected chi connectivity index (χ2v) is 7.06. The van der Waals surface area contributed by atoms with Crippen molar-refractivity contribution in [2.24, 2.45) is 7.05 Å². The third-order valence-corrected chi connectivity index (χ3v) is 5.06. The molecule has 0 fully saturated rings. The van der Waals surface area contributed by atoms with Crippen molar-refractivity contribution in [1.82, 2.24) is 13.7 Å². The molecule has 0 aliphatic heterocycles. The summed E-state index contributed by atoms with van der Waals surface area (Å²) in [6.07, 6.45) is 1.39. The molecule has 8 nitrogen and oxygen atoms in total. The Labute approximate surface area is 173 Å². The Balaban J connectivity index is 1.69. The zero-order valence-electron chi connectivity index (χ0n) is 17.1. The molecule has 1 aromatic carbocycles. The van der Waals surface area contributed by atoms with Gasteiger partial charge in [-0.1, -0.05) is 30.3 Å². The van der Waals surface area contributed by atoms with E-state index in [0.29, 0.717) is 5.56 Å². The minimum Gasteiger partial charge on any atom is -0.456 e. The number of hydrogen-bond donors (Lipinski definition) is 0. The first-order valence-corrected chi connectivity index (χ1v) is 9.44. The van der Waals surface area contributed by atoms with Gasteiger partial charge in [-0.25, -0.2) is 9.36 Å². The highest BCUT2D eigenvalue weighted by Crippen LogP contribution is 2.14. The maximum Gasteiger partial charge on any atom is 0.331 e. The van der Waals surface area contributed by atoms with E-state index in [2.05, 4.69) is 0 Å². The molecule has 0 spiro atoms. The molecular weight excluding hydrogens is 386 g/mol. The molecule has 2 aromatic heterocycles. The Bertz CT molecular complexity index is 1200. The first-order chi connectivity index (χ1) is 14.3. The molecule has 3 rings (SSSR count). The molecule has 0 aliphatic rings. The molecule has 30 heavy (non-hydrogen) atoms. The summed E-state index contributed by atoms with van der Waals surface area (Å²) < 4.78 is 9.04. The van der Waals surface area contributed by atoms with Crippen LogP contribution in [0.3, 0.4) is 0 Å². The Kier molecular flexibility index (Phi) is 6.15. The van der Waals surface area contributed by atoms with Crippen molar-refractivity contribution in [2.75, 3.05) is 6.61 Å². The van der Waals surface area contributed by atoms with Gasteiger partial charge in [0, 0.05) is 36.3 Å². The molecule has 0 radical (unpaired) electrons. The van der Waals surface area contributed by atoms with E-state index in [-0.39, 0.29) is 12.3 Å². The number of ketones is 1. The van der Waals surface area contributed by atoms with Gasteiger partial charge in [0.25, 0.3) is 5.56 Å². The van der Waals surface area contributed by atoms with E-state index in [1.165, 1.54) is 16.8 Å². The monoisotopic (exact) mass is 409 g/mol. The molecule has 0 saturated heterocycles. The highest BCUT2D eigenvalue weighted by atomic mass is 16.5. The van der Waals surface area contributed by atoms with Crippen molar-refractivity contribution in [2.45, 2.75) is 26.9 Å². The normalized spacial score (nSPS) is 10.8. The van der Waals surface area contributed by atoms with Gasteiger partial charge < -0.3 is 9.30 Å². The summed E-state index contributed by atoms with van der Waals surface area (Å²) in [5, 5.41) is 0. The SMILES string of the molecule is Cc1cc(C(=O)COC(=O)Cn2c(=O)ccn(Cc3ccccc3)c2=O)c(C)n1C. The number of carbonyl (C=O) groups is 2. The summed E-state index contributed by atoms with van der Waals surface area (Å²) in [7, 11) is 1.84. The fraction of sp³-hybridized carbons (Fsp3) is 0.273. The van der Waals surface area contributed by atoms with E-state index in [1.54, 1.807) is 13.0 Å². The van der Waals surface area contributed by atoms with Gasteiger partial charge in [-0.3, -0.25) is 19.0 Å². The predicted molar refractivity (Wildman–Crippen MR) is 111 cm³/mol. The minimum atomic E-state index is -0.828. The molecule has 0 unspecified atom stereocenters. The average Bonchev–Trinajstić information content (AvgIpc) is 2.99. The number of esters is 1. The maximum absolute atomic E-state index is 12.6. The molecule has 0 bridgehead atoms.